The third-order valence-electron chi connectivity index (χ3n) is 2.68. The summed E-state index contributed by atoms with van der Waals surface area (Å²) in [5, 5.41) is 0. The van der Waals surface area contributed by atoms with Crippen LogP contribution in [0.1, 0.15) is 11.1 Å². The first kappa shape index (κ1) is 16.5. The minimum Gasteiger partial charge on any atom is -0.389 e. The normalized spacial score (nSPS) is 11.4. The maximum absolute atomic E-state index is 12.4. The third kappa shape index (κ3) is 3.67. The molecule has 1 aromatic carbocycles. The average Bonchev–Trinajstić information content (AvgIpc) is 2.71. The Balaban J connectivity index is 2.43. The highest BCUT2D eigenvalue weighted by atomic mass is 35.5. The van der Waals surface area contributed by atoms with Gasteiger partial charge in [-0.3, -0.25) is 4.72 Å². The summed E-state index contributed by atoms with van der Waals surface area (Å²) in [5.41, 5.74) is 7.24. The van der Waals surface area contributed by atoms with Crippen molar-refractivity contribution in [2.24, 2.45) is 5.73 Å². The Morgan fingerprint density at radius 1 is 1.33 bits per heavy atom. The second-order valence-corrected chi connectivity index (χ2v) is 8.56. The van der Waals surface area contributed by atoms with Crippen molar-refractivity contribution >= 4 is 67.5 Å². The average molecular weight is 381 g/mol. The SMILES string of the molecule is Cc1ccc(C(N)=S)cc1NS(=O)(=O)c1cc(Cl)sc1Cl. The molecule has 9 heteroatoms. The van der Waals surface area contributed by atoms with E-state index < -0.39 is 10.0 Å². The van der Waals surface area contributed by atoms with Crippen molar-refractivity contribution in [3.8, 4) is 0 Å². The van der Waals surface area contributed by atoms with Crippen LogP contribution in [0.3, 0.4) is 0 Å². The molecule has 0 aliphatic rings. The fourth-order valence-corrected chi connectivity index (χ4v) is 4.99. The minimum absolute atomic E-state index is 0.0562. The molecule has 0 unspecified atom stereocenters. The number of nitrogens with one attached hydrogen (secondary N) is 1. The number of benzene rings is 1. The van der Waals surface area contributed by atoms with E-state index >= 15 is 0 Å². The second-order valence-electron chi connectivity index (χ2n) is 4.19. The molecule has 112 valence electrons. The van der Waals surface area contributed by atoms with E-state index in [0.717, 1.165) is 16.9 Å². The molecule has 4 nitrogen and oxygen atoms in total. The highest BCUT2D eigenvalue weighted by Crippen LogP contribution is 2.35. The summed E-state index contributed by atoms with van der Waals surface area (Å²) in [4.78, 5) is 0.131. The molecule has 1 heterocycles. The van der Waals surface area contributed by atoms with Gasteiger partial charge in [-0.25, -0.2) is 8.42 Å². The molecule has 21 heavy (non-hydrogen) atoms. The fourth-order valence-electron chi connectivity index (χ4n) is 1.59. The standard InChI is InChI=1S/C12H10Cl2N2O2S3/c1-6-2-3-7(12(15)19)4-8(6)16-21(17,18)9-5-10(13)20-11(9)14/h2-5,16H,1H3,(H2,15,19). The van der Waals surface area contributed by atoms with Crippen LogP contribution in [0.4, 0.5) is 5.69 Å². The molecule has 1 aromatic heterocycles. The highest BCUT2D eigenvalue weighted by Gasteiger charge is 2.22. The lowest BCUT2D eigenvalue weighted by molar-refractivity contribution is 0.601. The van der Waals surface area contributed by atoms with Crippen LogP contribution in [0.25, 0.3) is 0 Å². The van der Waals surface area contributed by atoms with Crippen molar-refractivity contribution < 1.29 is 8.42 Å². The zero-order valence-corrected chi connectivity index (χ0v) is 14.6. The van der Waals surface area contributed by atoms with Gasteiger partial charge in [0.05, 0.1) is 10.0 Å². The summed E-state index contributed by atoms with van der Waals surface area (Å²) < 4.78 is 27.6. The van der Waals surface area contributed by atoms with E-state index in [1.165, 1.54) is 6.07 Å². The number of sulfonamides is 1. The third-order valence-corrected chi connectivity index (χ3v) is 6.04. The van der Waals surface area contributed by atoms with Gasteiger partial charge in [-0.05, 0) is 24.6 Å². The highest BCUT2D eigenvalue weighted by molar-refractivity contribution is 7.93. The molecule has 0 bridgehead atoms. The van der Waals surface area contributed by atoms with Crippen LogP contribution >= 0.6 is 46.8 Å². The number of anilines is 1. The van der Waals surface area contributed by atoms with Crippen LogP contribution < -0.4 is 10.5 Å². The number of rotatable bonds is 4. The van der Waals surface area contributed by atoms with Gasteiger partial charge in [0.2, 0.25) is 0 Å². The summed E-state index contributed by atoms with van der Waals surface area (Å²) in [5.74, 6) is 0. The summed E-state index contributed by atoms with van der Waals surface area (Å²) in [6.45, 7) is 1.77. The molecule has 0 radical (unpaired) electrons. The van der Waals surface area contributed by atoms with Gasteiger partial charge in [0.1, 0.15) is 14.2 Å². The first-order valence-corrected chi connectivity index (χ1v) is 9.05. The number of aryl methyl sites for hydroxylation is 1. The number of thiophene rings is 1. The summed E-state index contributed by atoms with van der Waals surface area (Å²) in [6, 6.07) is 6.35. The van der Waals surface area contributed by atoms with Gasteiger partial charge in [0.25, 0.3) is 10.0 Å². The van der Waals surface area contributed by atoms with Gasteiger partial charge in [-0.15, -0.1) is 11.3 Å². The quantitative estimate of drug-likeness (QED) is 0.791. The van der Waals surface area contributed by atoms with Crippen molar-refractivity contribution in [3.63, 3.8) is 0 Å². The van der Waals surface area contributed by atoms with E-state index in [0.29, 0.717) is 15.6 Å². The number of thiocarbonyl (C=S) groups is 1. The van der Waals surface area contributed by atoms with Crippen molar-refractivity contribution in [2.75, 3.05) is 4.72 Å². The van der Waals surface area contributed by atoms with E-state index in [-0.39, 0.29) is 14.2 Å². The molecule has 0 spiro atoms. The van der Waals surface area contributed by atoms with Crippen molar-refractivity contribution in [1.29, 1.82) is 0 Å². The molecular weight excluding hydrogens is 371 g/mol. The Morgan fingerprint density at radius 2 is 2.00 bits per heavy atom. The molecule has 0 atom stereocenters. The molecule has 0 amide bonds. The van der Waals surface area contributed by atoms with Crippen LogP contribution in [0.15, 0.2) is 29.2 Å². The molecule has 3 N–H and O–H groups in total. The molecule has 2 rings (SSSR count). The van der Waals surface area contributed by atoms with E-state index in [9.17, 15) is 8.42 Å². The zero-order valence-electron chi connectivity index (χ0n) is 10.7. The van der Waals surface area contributed by atoms with Gasteiger partial charge < -0.3 is 5.73 Å². The Hall–Kier alpha value is -0.860. The van der Waals surface area contributed by atoms with Gasteiger partial charge in [-0.2, -0.15) is 0 Å². The summed E-state index contributed by atoms with van der Waals surface area (Å²) in [7, 11) is -3.83. The predicted octanol–water partition coefficient (Wildman–Crippen LogP) is 3.80. The van der Waals surface area contributed by atoms with Crippen LogP contribution in [-0.4, -0.2) is 13.4 Å². The van der Waals surface area contributed by atoms with E-state index in [1.807, 2.05) is 0 Å². The van der Waals surface area contributed by atoms with E-state index in [2.05, 4.69) is 4.72 Å². The maximum Gasteiger partial charge on any atom is 0.264 e. The van der Waals surface area contributed by atoms with Crippen molar-refractivity contribution in [3.05, 3.63) is 44.1 Å². The Labute approximate surface area is 141 Å². The number of hydrogen-bond acceptors (Lipinski definition) is 4. The lowest BCUT2D eigenvalue weighted by Gasteiger charge is -2.11. The fraction of sp³-hybridized carbons (Fsp3) is 0.0833. The molecular formula is C12H10Cl2N2O2S3. The summed E-state index contributed by atoms with van der Waals surface area (Å²) >= 11 is 17.5. The molecule has 0 aliphatic carbocycles. The molecule has 2 aromatic rings. The molecule has 0 aliphatic heterocycles. The Morgan fingerprint density at radius 3 is 2.52 bits per heavy atom. The second kappa shape index (κ2) is 6.10. The van der Waals surface area contributed by atoms with Crippen LogP contribution in [0.2, 0.25) is 8.67 Å². The van der Waals surface area contributed by atoms with Crippen molar-refractivity contribution in [2.45, 2.75) is 11.8 Å². The first-order valence-electron chi connectivity index (χ1n) is 5.59. The van der Waals surface area contributed by atoms with Crippen LogP contribution in [0.5, 0.6) is 0 Å². The topological polar surface area (TPSA) is 72.2 Å². The molecule has 0 saturated heterocycles. The predicted molar refractivity (Wildman–Crippen MR) is 92.2 cm³/mol. The lowest BCUT2D eigenvalue weighted by atomic mass is 10.1. The first-order chi connectivity index (χ1) is 9.70. The largest absolute Gasteiger partial charge is 0.389 e. The van der Waals surface area contributed by atoms with E-state index in [4.69, 9.17) is 41.2 Å². The van der Waals surface area contributed by atoms with Crippen LogP contribution in [-0.2, 0) is 10.0 Å². The maximum atomic E-state index is 12.4. The van der Waals surface area contributed by atoms with Crippen molar-refractivity contribution in [1.82, 2.24) is 0 Å². The van der Waals surface area contributed by atoms with Gasteiger partial charge in [-0.1, -0.05) is 47.6 Å². The van der Waals surface area contributed by atoms with Gasteiger partial charge in [0, 0.05) is 5.56 Å². The Bertz CT molecular complexity index is 816. The molecule has 0 saturated carbocycles. The smallest absolute Gasteiger partial charge is 0.264 e. The zero-order chi connectivity index (χ0) is 15.8. The van der Waals surface area contributed by atoms with Gasteiger partial charge >= 0.3 is 0 Å². The minimum atomic E-state index is -3.83. The van der Waals surface area contributed by atoms with E-state index in [1.54, 1.807) is 25.1 Å². The number of halogens is 2. The monoisotopic (exact) mass is 380 g/mol. The molecule has 0 fully saturated rings. The summed E-state index contributed by atoms with van der Waals surface area (Å²) in [6.07, 6.45) is 0. The number of hydrogen-bond donors (Lipinski definition) is 2. The lowest BCUT2D eigenvalue weighted by Crippen LogP contribution is -2.15. The van der Waals surface area contributed by atoms with Crippen LogP contribution in [0, 0.1) is 6.92 Å². The van der Waals surface area contributed by atoms with Gasteiger partial charge in [0.15, 0.2) is 0 Å². The number of nitrogens with two attached hydrogens (primary N) is 1. The Kier molecular flexibility index (Phi) is 4.79.